The number of likely N-dealkylation sites (N-methyl/N-ethyl adjacent to an activating group) is 1. The van der Waals surface area contributed by atoms with E-state index in [-0.39, 0.29) is 6.10 Å². The molecular formula is C17H18BrNO. The summed E-state index contributed by atoms with van der Waals surface area (Å²) in [4.78, 5) is 0. The minimum Gasteiger partial charge on any atom is -0.488 e. The molecule has 104 valence electrons. The SMILES string of the molecule is CNC(Cc1cccc(Br)c1)C1Cc2ccccc2O1. The Morgan fingerprint density at radius 2 is 2.10 bits per heavy atom. The van der Waals surface area contributed by atoms with E-state index in [0.29, 0.717) is 6.04 Å². The summed E-state index contributed by atoms with van der Waals surface area (Å²) in [6, 6.07) is 17.1. The van der Waals surface area contributed by atoms with Crippen LogP contribution in [-0.2, 0) is 12.8 Å². The first-order valence-corrected chi connectivity index (χ1v) is 7.72. The van der Waals surface area contributed by atoms with Crippen LogP contribution in [0, 0.1) is 0 Å². The van der Waals surface area contributed by atoms with E-state index in [1.807, 2.05) is 13.1 Å². The Labute approximate surface area is 128 Å². The zero-order valence-electron chi connectivity index (χ0n) is 11.5. The van der Waals surface area contributed by atoms with Crippen LogP contribution >= 0.6 is 15.9 Å². The highest BCUT2D eigenvalue weighted by atomic mass is 79.9. The van der Waals surface area contributed by atoms with Gasteiger partial charge in [-0.1, -0.05) is 46.3 Å². The van der Waals surface area contributed by atoms with E-state index in [1.54, 1.807) is 0 Å². The van der Waals surface area contributed by atoms with E-state index in [0.717, 1.165) is 23.1 Å². The quantitative estimate of drug-likeness (QED) is 0.924. The van der Waals surface area contributed by atoms with Gasteiger partial charge in [-0.3, -0.25) is 0 Å². The van der Waals surface area contributed by atoms with E-state index in [2.05, 4.69) is 63.7 Å². The molecular weight excluding hydrogens is 314 g/mol. The first-order chi connectivity index (χ1) is 9.76. The van der Waals surface area contributed by atoms with Crippen LogP contribution in [0.1, 0.15) is 11.1 Å². The van der Waals surface area contributed by atoms with Crippen LogP contribution in [0.5, 0.6) is 5.75 Å². The monoisotopic (exact) mass is 331 g/mol. The predicted octanol–water partition coefficient (Wildman–Crippen LogP) is 3.58. The van der Waals surface area contributed by atoms with Gasteiger partial charge in [-0.15, -0.1) is 0 Å². The lowest BCUT2D eigenvalue weighted by atomic mass is 9.98. The minimum absolute atomic E-state index is 0.205. The van der Waals surface area contributed by atoms with E-state index >= 15 is 0 Å². The Bertz CT molecular complexity index is 574. The first kappa shape index (κ1) is 13.7. The number of halogens is 1. The van der Waals surface area contributed by atoms with Crippen molar-refractivity contribution >= 4 is 15.9 Å². The molecule has 0 saturated heterocycles. The van der Waals surface area contributed by atoms with Crippen LogP contribution in [0.3, 0.4) is 0 Å². The molecule has 3 heteroatoms. The summed E-state index contributed by atoms with van der Waals surface area (Å²) < 4.78 is 7.21. The molecule has 2 aromatic carbocycles. The van der Waals surface area contributed by atoms with Crippen LogP contribution < -0.4 is 10.1 Å². The molecule has 1 aliphatic rings. The van der Waals surface area contributed by atoms with Gasteiger partial charge in [0.05, 0.1) is 0 Å². The molecule has 0 bridgehead atoms. The van der Waals surface area contributed by atoms with Crippen molar-refractivity contribution in [3.63, 3.8) is 0 Å². The number of benzene rings is 2. The average molecular weight is 332 g/mol. The van der Waals surface area contributed by atoms with E-state index in [1.165, 1.54) is 11.1 Å². The molecule has 0 spiro atoms. The Morgan fingerprint density at radius 1 is 1.25 bits per heavy atom. The molecule has 2 unspecified atom stereocenters. The van der Waals surface area contributed by atoms with Crippen molar-refractivity contribution in [2.24, 2.45) is 0 Å². The van der Waals surface area contributed by atoms with Gasteiger partial charge in [0.15, 0.2) is 0 Å². The maximum atomic E-state index is 6.09. The number of nitrogens with one attached hydrogen (secondary N) is 1. The second-order valence-corrected chi connectivity index (χ2v) is 6.11. The Kier molecular flexibility index (Phi) is 4.08. The Morgan fingerprint density at radius 3 is 2.85 bits per heavy atom. The molecule has 20 heavy (non-hydrogen) atoms. The number of ether oxygens (including phenoxy) is 1. The second kappa shape index (κ2) is 5.98. The summed E-state index contributed by atoms with van der Waals surface area (Å²) >= 11 is 3.53. The smallest absolute Gasteiger partial charge is 0.123 e. The van der Waals surface area contributed by atoms with Crippen molar-refractivity contribution in [1.82, 2.24) is 5.32 Å². The zero-order chi connectivity index (χ0) is 13.9. The number of para-hydroxylation sites is 1. The van der Waals surface area contributed by atoms with Crippen LogP contribution in [0.4, 0.5) is 0 Å². The number of hydrogen-bond acceptors (Lipinski definition) is 2. The molecule has 2 atom stereocenters. The molecule has 0 saturated carbocycles. The molecule has 1 heterocycles. The first-order valence-electron chi connectivity index (χ1n) is 6.92. The summed E-state index contributed by atoms with van der Waals surface area (Å²) in [5, 5.41) is 3.41. The number of fused-ring (bicyclic) bond motifs is 1. The lowest BCUT2D eigenvalue weighted by molar-refractivity contribution is 0.182. The number of hydrogen-bond donors (Lipinski definition) is 1. The van der Waals surface area contributed by atoms with Crippen molar-refractivity contribution < 1.29 is 4.74 Å². The van der Waals surface area contributed by atoms with Gasteiger partial charge in [0.2, 0.25) is 0 Å². The van der Waals surface area contributed by atoms with Gasteiger partial charge in [0, 0.05) is 16.9 Å². The molecule has 0 fully saturated rings. The van der Waals surface area contributed by atoms with Gasteiger partial charge in [0.1, 0.15) is 11.9 Å². The summed E-state index contributed by atoms with van der Waals surface area (Å²) in [6.07, 6.45) is 2.15. The normalized spacial score (nSPS) is 18.4. The third kappa shape index (κ3) is 2.89. The van der Waals surface area contributed by atoms with Crippen LogP contribution in [-0.4, -0.2) is 19.2 Å². The molecule has 2 aromatic rings. The third-order valence-corrected chi connectivity index (χ3v) is 4.33. The van der Waals surface area contributed by atoms with E-state index in [9.17, 15) is 0 Å². The van der Waals surface area contributed by atoms with Crippen molar-refractivity contribution in [3.05, 3.63) is 64.1 Å². The minimum atomic E-state index is 0.205. The van der Waals surface area contributed by atoms with Crippen molar-refractivity contribution in [1.29, 1.82) is 0 Å². The lowest BCUT2D eigenvalue weighted by Gasteiger charge is -2.23. The van der Waals surface area contributed by atoms with Crippen LogP contribution in [0.25, 0.3) is 0 Å². The predicted molar refractivity (Wildman–Crippen MR) is 85.3 cm³/mol. The molecule has 0 aromatic heterocycles. The van der Waals surface area contributed by atoms with E-state index < -0.39 is 0 Å². The molecule has 0 amide bonds. The second-order valence-electron chi connectivity index (χ2n) is 5.20. The van der Waals surface area contributed by atoms with Crippen molar-refractivity contribution in [3.8, 4) is 5.75 Å². The van der Waals surface area contributed by atoms with Crippen molar-refractivity contribution in [2.75, 3.05) is 7.05 Å². The van der Waals surface area contributed by atoms with Gasteiger partial charge in [-0.05, 0) is 42.8 Å². The molecule has 1 N–H and O–H groups in total. The fourth-order valence-corrected chi connectivity index (χ4v) is 3.22. The Balaban J connectivity index is 1.72. The van der Waals surface area contributed by atoms with Gasteiger partial charge >= 0.3 is 0 Å². The highest BCUT2D eigenvalue weighted by molar-refractivity contribution is 9.10. The van der Waals surface area contributed by atoms with Gasteiger partial charge in [0.25, 0.3) is 0 Å². The summed E-state index contributed by atoms with van der Waals surface area (Å²) in [6.45, 7) is 0. The standard InChI is InChI=1S/C17H18BrNO/c1-19-15(10-12-5-4-7-14(18)9-12)17-11-13-6-2-3-8-16(13)20-17/h2-9,15,17,19H,10-11H2,1H3. The fourth-order valence-electron chi connectivity index (χ4n) is 2.77. The highest BCUT2D eigenvalue weighted by Gasteiger charge is 2.29. The maximum absolute atomic E-state index is 6.09. The fraction of sp³-hybridized carbons (Fsp3) is 0.294. The van der Waals surface area contributed by atoms with Crippen LogP contribution in [0.2, 0.25) is 0 Å². The Hall–Kier alpha value is -1.32. The van der Waals surface area contributed by atoms with E-state index in [4.69, 9.17) is 4.74 Å². The van der Waals surface area contributed by atoms with Crippen LogP contribution in [0.15, 0.2) is 53.0 Å². The molecule has 1 aliphatic heterocycles. The third-order valence-electron chi connectivity index (χ3n) is 3.84. The van der Waals surface area contributed by atoms with Gasteiger partial charge in [-0.25, -0.2) is 0 Å². The van der Waals surface area contributed by atoms with Gasteiger partial charge < -0.3 is 10.1 Å². The lowest BCUT2D eigenvalue weighted by Crippen LogP contribution is -2.42. The summed E-state index contributed by atoms with van der Waals surface area (Å²) in [5.74, 6) is 1.03. The highest BCUT2D eigenvalue weighted by Crippen LogP contribution is 2.30. The topological polar surface area (TPSA) is 21.3 Å². The summed E-state index contributed by atoms with van der Waals surface area (Å²) in [7, 11) is 2.01. The van der Waals surface area contributed by atoms with Crippen molar-refractivity contribution in [2.45, 2.75) is 25.0 Å². The summed E-state index contributed by atoms with van der Waals surface area (Å²) in [5.41, 5.74) is 2.63. The average Bonchev–Trinajstić information content (AvgIpc) is 2.88. The largest absolute Gasteiger partial charge is 0.488 e. The maximum Gasteiger partial charge on any atom is 0.123 e. The number of rotatable bonds is 4. The molecule has 0 aliphatic carbocycles. The molecule has 3 rings (SSSR count). The van der Waals surface area contributed by atoms with Gasteiger partial charge in [-0.2, -0.15) is 0 Å². The molecule has 2 nitrogen and oxygen atoms in total. The molecule has 0 radical (unpaired) electrons. The zero-order valence-corrected chi connectivity index (χ0v) is 13.1.